The first-order valence-electron chi connectivity index (χ1n) is 11.7. The van der Waals surface area contributed by atoms with Gasteiger partial charge in [-0.2, -0.15) is 0 Å². The lowest BCUT2D eigenvalue weighted by atomic mass is 9.77. The monoisotopic (exact) mass is 403 g/mol. The van der Waals surface area contributed by atoms with Gasteiger partial charge in [0.05, 0.1) is 10.2 Å². The van der Waals surface area contributed by atoms with E-state index in [2.05, 4.69) is 56.3 Å². The molecule has 0 aliphatic heterocycles. The third kappa shape index (κ3) is 3.89. The van der Waals surface area contributed by atoms with Crippen LogP contribution in [-0.4, -0.2) is 4.98 Å². The molecule has 1 heterocycles. The highest BCUT2D eigenvalue weighted by atomic mass is 32.1. The zero-order valence-corrected chi connectivity index (χ0v) is 18.7. The van der Waals surface area contributed by atoms with Crippen molar-refractivity contribution in [3.05, 3.63) is 53.6 Å². The summed E-state index contributed by atoms with van der Waals surface area (Å²) in [5.74, 6) is 3.20. The number of benzene rings is 2. The van der Waals surface area contributed by atoms with Crippen LogP contribution in [-0.2, 0) is 0 Å². The molecule has 1 aromatic heterocycles. The quantitative estimate of drug-likeness (QED) is 0.427. The van der Waals surface area contributed by atoms with Crippen LogP contribution in [0, 0.1) is 11.8 Å². The molecule has 0 bridgehead atoms. The molecule has 2 aliphatic carbocycles. The van der Waals surface area contributed by atoms with Crippen LogP contribution >= 0.6 is 11.3 Å². The summed E-state index contributed by atoms with van der Waals surface area (Å²) in [4.78, 5) is 5.27. The Morgan fingerprint density at radius 3 is 1.86 bits per heavy atom. The summed E-state index contributed by atoms with van der Waals surface area (Å²) in [6, 6.07) is 15.7. The summed E-state index contributed by atoms with van der Waals surface area (Å²) >= 11 is 1.94. The topological polar surface area (TPSA) is 12.9 Å². The second kappa shape index (κ2) is 8.22. The van der Waals surface area contributed by atoms with E-state index < -0.39 is 0 Å². The van der Waals surface area contributed by atoms with E-state index in [-0.39, 0.29) is 0 Å². The highest BCUT2D eigenvalue weighted by Crippen LogP contribution is 2.45. The van der Waals surface area contributed by atoms with Gasteiger partial charge in [-0.3, -0.25) is 0 Å². The van der Waals surface area contributed by atoms with E-state index in [0.717, 1.165) is 17.8 Å². The van der Waals surface area contributed by atoms with Crippen molar-refractivity contribution in [2.24, 2.45) is 11.8 Å². The Morgan fingerprint density at radius 2 is 1.24 bits per heavy atom. The van der Waals surface area contributed by atoms with Crippen LogP contribution in [0.1, 0.15) is 88.2 Å². The fourth-order valence-electron chi connectivity index (χ4n) is 5.54. The fourth-order valence-corrected chi connectivity index (χ4v) is 6.74. The van der Waals surface area contributed by atoms with E-state index >= 15 is 0 Å². The van der Waals surface area contributed by atoms with Gasteiger partial charge in [0.1, 0.15) is 5.01 Å². The first-order chi connectivity index (χ1) is 14.2. The highest BCUT2D eigenvalue weighted by molar-refractivity contribution is 7.21. The number of fused-ring (bicyclic) bond motifs is 1. The molecule has 1 nitrogen and oxygen atoms in total. The summed E-state index contributed by atoms with van der Waals surface area (Å²) in [5, 5.41) is 1.20. The Kier molecular flexibility index (Phi) is 5.47. The molecule has 0 spiro atoms. The third-order valence-corrected chi connectivity index (χ3v) is 8.69. The van der Waals surface area contributed by atoms with Gasteiger partial charge < -0.3 is 0 Å². The standard InChI is InChI=1S/C27H33NS/c1-18-8-12-20(13-9-18)23-16-17-24(21-14-10-19(2)11-15-21)26-25(23)28-27(29-26)22-6-4-3-5-7-22/h3-7,16-21H,8-15H2,1-2H3. The Hall–Kier alpha value is -1.67. The van der Waals surface area contributed by atoms with E-state index in [1.807, 2.05) is 11.3 Å². The normalized spacial score (nSPS) is 27.9. The SMILES string of the molecule is CC1CCC(c2ccc(C3CCC(C)CC3)c3sc(-c4ccccc4)nc23)CC1. The molecule has 2 fully saturated rings. The van der Waals surface area contributed by atoms with Crippen molar-refractivity contribution in [3.63, 3.8) is 0 Å². The molecule has 0 N–H and O–H groups in total. The molecule has 0 saturated heterocycles. The molecule has 2 aromatic carbocycles. The maximum atomic E-state index is 5.27. The van der Waals surface area contributed by atoms with Crippen molar-refractivity contribution in [1.29, 1.82) is 0 Å². The number of rotatable bonds is 3. The minimum absolute atomic E-state index is 0.694. The predicted molar refractivity (Wildman–Crippen MR) is 126 cm³/mol. The highest BCUT2D eigenvalue weighted by Gasteiger charge is 2.27. The number of hydrogen-bond acceptors (Lipinski definition) is 2. The molecular weight excluding hydrogens is 370 g/mol. The van der Waals surface area contributed by atoms with Crippen LogP contribution in [0.3, 0.4) is 0 Å². The Bertz CT molecular complexity index is 898. The lowest BCUT2D eigenvalue weighted by Gasteiger charge is -2.29. The van der Waals surface area contributed by atoms with Crippen LogP contribution < -0.4 is 0 Å². The smallest absolute Gasteiger partial charge is 0.124 e. The van der Waals surface area contributed by atoms with Gasteiger partial charge >= 0.3 is 0 Å². The molecule has 5 rings (SSSR count). The average Bonchev–Trinajstić information content (AvgIpc) is 3.21. The summed E-state index contributed by atoms with van der Waals surface area (Å²) < 4.78 is 1.49. The Morgan fingerprint density at radius 1 is 0.690 bits per heavy atom. The van der Waals surface area contributed by atoms with Gasteiger partial charge in [-0.05, 0) is 60.5 Å². The minimum Gasteiger partial charge on any atom is -0.236 e. The van der Waals surface area contributed by atoms with Crippen LogP contribution in [0.5, 0.6) is 0 Å². The molecule has 29 heavy (non-hydrogen) atoms. The van der Waals surface area contributed by atoms with Crippen LogP contribution in [0.25, 0.3) is 20.8 Å². The van der Waals surface area contributed by atoms with Gasteiger partial charge in [0, 0.05) is 5.56 Å². The largest absolute Gasteiger partial charge is 0.236 e. The molecule has 2 heteroatoms. The summed E-state index contributed by atoms with van der Waals surface area (Å²) in [5.41, 5.74) is 5.70. The minimum atomic E-state index is 0.694. The lowest BCUT2D eigenvalue weighted by molar-refractivity contribution is 0.347. The molecule has 2 aliphatic rings. The third-order valence-electron chi connectivity index (χ3n) is 7.54. The van der Waals surface area contributed by atoms with Crippen molar-refractivity contribution in [2.45, 2.75) is 77.0 Å². The van der Waals surface area contributed by atoms with E-state index in [1.165, 1.54) is 77.7 Å². The predicted octanol–water partition coefficient (Wildman–Crippen LogP) is 8.55. The molecule has 2 saturated carbocycles. The van der Waals surface area contributed by atoms with Crippen LogP contribution in [0.4, 0.5) is 0 Å². The fraction of sp³-hybridized carbons (Fsp3) is 0.519. The molecule has 0 amide bonds. The summed E-state index contributed by atoms with van der Waals surface area (Å²) in [7, 11) is 0. The number of hydrogen-bond donors (Lipinski definition) is 0. The Balaban J connectivity index is 1.59. The van der Waals surface area contributed by atoms with E-state index in [4.69, 9.17) is 4.98 Å². The second-order valence-corrected chi connectivity index (χ2v) is 10.7. The van der Waals surface area contributed by atoms with Gasteiger partial charge in [-0.1, -0.05) is 82.0 Å². The average molecular weight is 404 g/mol. The number of thiazole rings is 1. The second-order valence-electron chi connectivity index (χ2n) is 9.72. The molecule has 0 radical (unpaired) electrons. The van der Waals surface area contributed by atoms with Crippen molar-refractivity contribution in [2.75, 3.05) is 0 Å². The van der Waals surface area contributed by atoms with Crippen molar-refractivity contribution < 1.29 is 0 Å². The van der Waals surface area contributed by atoms with Gasteiger partial charge in [-0.15, -0.1) is 11.3 Å². The number of nitrogens with zero attached hydrogens (tertiary/aromatic N) is 1. The zero-order valence-electron chi connectivity index (χ0n) is 17.9. The summed E-state index contributed by atoms with van der Waals surface area (Å²) in [6.45, 7) is 4.83. The molecule has 0 unspecified atom stereocenters. The number of aromatic nitrogens is 1. The van der Waals surface area contributed by atoms with Crippen molar-refractivity contribution in [3.8, 4) is 10.6 Å². The van der Waals surface area contributed by atoms with Crippen molar-refractivity contribution >= 4 is 21.6 Å². The van der Waals surface area contributed by atoms with Crippen LogP contribution in [0.2, 0.25) is 0 Å². The maximum absolute atomic E-state index is 5.27. The molecule has 152 valence electrons. The van der Waals surface area contributed by atoms with Gasteiger partial charge in [0.25, 0.3) is 0 Å². The van der Waals surface area contributed by atoms with Crippen LogP contribution in [0.15, 0.2) is 42.5 Å². The van der Waals surface area contributed by atoms with E-state index in [9.17, 15) is 0 Å². The molecular formula is C27H33NS. The maximum Gasteiger partial charge on any atom is 0.124 e. The lowest BCUT2D eigenvalue weighted by Crippen LogP contribution is -2.13. The first kappa shape index (κ1) is 19.3. The first-order valence-corrected chi connectivity index (χ1v) is 12.5. The van der Waals surface area contributed by atoms with E-state index in [1.54, 1.807) is 5.56 Å². The van der Waals surface area contributed by atoms with E-state index in [0.29, 0.717) is 5.92 Å². The molecule has 0 atom stereocenters. The molecule has 3 aromatic rings. The Labute approximate surface area is 179 Å². The summed E-state index contributed by atoms with van der Waals surface area (Å²) in [6.07, 6.45) is 10.8. The van der Waals surface area contributed by atoms with Gasteiger partial charge in [-0.25, -0.2) is 4.98 Å². The van der Waals surface area contributed by atoms with Gasteiger partial charge in [0.15, 0.2) is 0 Å². The van der Waals surface area contributed by atoms with Gasteiger partial charge in [0.2, 0.25) is 0 Å². The zero-order chi connectivity index (χ0) is 19.8. The van der Waals surface area contributed by atoms with Crippen molar-refractivity contribution in [1.82, 2.24) is 4.98 Å².